The van der Waals surface area contributed by atoms with Crippen LogP contribution >= 0.6 is 0 Å². The van der Waals surface area contributed by atoms with Crippen LogP contribution in [0.25, 0.3) is 0 Å². The summed E-state index contributed by atoms with van der Waals surface area (Å²) in [5.74, 6) is 2.15. The van der Waals surface area contributed by atoms with Gasteiger partial charge in [-0.05, 0) is 25.2 Å². The Balaban J connectivity index is 1.90. The second-order valence-corrected chi connectivity index (χ2v) is 5.67. The number of fused-ring (bicyclic) bond motifs is 1. The zero-order chi connectivity index (χ0) is 12.7. The quantitative estimate of drug-likeness (QED) is 0.868. The van der Waals surface area contributed by atoms with E-state index in [0.29, 0.717) is 24.8 Å². The van der Waals surface area contributed by atoms with E-state index in [0.717, 1.165) is 24.5 Å². The third-order valence-electron chi connectivity index (χ3n) is 4.52. The summed E-state index contributed by atoms with van der Waals surface area (Å²) in [4.78, 5) is 11.1. The van der Waals surface area contributed by atoms with Gasteiger partial charge in [0.2, 0.25) is 0 Å². The molecule has 1 fully saturated rings. The van der Waals surface area contributed by atoms with Gasteiger partial charge in [0, 0.05) is 18.9 Å². The van der Waals surface area contributed by atoms with Crippen molar-refractivity contribution >= 4 is 5.97 Å². The van der Waals surface area contributed by atoms with Crippen LogP contribution in [0.2, 0.25) is 0 Å². The SMILES string of the molecule is CC1CCCC1c1nnc2n1CC(C(=O)O)CC2. The molecule has 5 nitrogen and oxygen atoms in total. The number of nitrogens with zero attached hydrogens (tertiary/aromatic N) is 3. The van der Waals surface area contributed by atoms with Crippen molar-refractivity contribution in [3.8, 4) is 0 Å². The average molecular weight is 249 g/mol. The molecule has 5 heteroatoms. The molecule has 2 heterocycles. The van der Waals surface area contributed by atoms with Crippen LogP contribution in [0.1, 0.15) is 50.2 Å². The lowest BCUT2D eigenvalue weighted by Gasteiger charge is -2.23. The van der Waals surface area contributed by atoms with E-state index in [1.54, 1.807) is 0 Å². The molecule has 3 atom stereocenters. The number of carboxylic acid groups (broad SMARTS) is 1. The van der Waals surface area contributed by atoms with Gasteiger partial charge in [0.05, 0.1) is 5.92 Å². The van der Waals surface area contributed by atoms with Crippen molar-refractivity contribution in [3.05, 3.63) is 11.6 Å². The van der Waals surface area contributed by atoms with Gasteiger partial charge in [-0.1, -0.05) is 13.3 Å². The largest absolute Gasteiger partial charge is 0.481 e. The topological polar surface area (TPSA) is 68.0 Å². The molecule has 0 aromatic carbocycles. The van der Waals surface area contributed by atoms with Crippen molar-refractivity contribution in [2.75, 3.05) is 0 Å². The monoisotopic (exact) mass is 249 g/mol. The molecular formula is C13H19N3O2. The fourth-order valence-electron chi connectivity index (χ4n) is 3.35. The number of aryl methyl sites for hydroxylation is 1. The molecule has 3 rings (SSSR count). The number of rotatable bonds is 2. The molecule has 18 heavy (non-hydrogen) atoms. The summed E-state index contributed by atoms with van der Waals surface area (Å²) in [5.41, 5.74) is 0. The molecule has 1 aliphatic carbocycles. The second kappa shape index (κ2) is 4.37. The molecule has 0 spiro atoms. The summed E-state index contributed by atoms with van der Waals surface area (Å²) in [5, 5.41) is 17.7. The summed E-state index contributed by atoms with van der Waals surface area (Å²) >= 11 is 0. The molecule has 1 aromatic heterocycles. The highest BCUT2D eigenvalue weighted by Gasteiger charge is 2.33. The summed E-state index contributed by atoms with van der Waals surface area (Å²) in [6.07, 6.45) is 5.08. The van der Waals surface area contributed by atoms with Gasteiger partial charge in [-0.15, -0.1) is 10.2 Å². The molecule has 1 saturated carbocycles. The Labute approximate surface area is 106 Å². The molecule has 0 saturated heterocycles. The third-order valence-corrected chi connectivity index (χ3v) is 4.52. The summed E-state index contributed by atoms with van der Waals surface area (Å²) in [7, 11) is 0. The predicted molar refractivity (Wildman–Crippen MR) is 65.2 cm³/mol. The minimum atomic E-state index is -0.695. The van der Waals surface area contributed by atoms with Gasteiger partial charge in [0.15, 0.2) is 0 Å². The molecule has 98 valence electrons. The van der Waals surface area contributed by atoms with Crippen molar-refractivity contribution in [1.29, 1.82) is 0 Å². The van der Waals surface area contributed by atoms with Gasteiger partial charge in [-0.3, -0.25) is 4.79 Å². The zero-order valence-electron chi connectivity index (χ0n) is 10.7. The lowest BCUT2D eigenvalue weighted by atomic mass is 9.95. The Hall–Kier alpha value is -1.39. The Bertz CT molecular complexity index is 469. The minimum Gasteiger partial charge on any atom is -0.481 e. The van der Waals surface area contributed by atoms with Crippen LogP contribution in [0.5, 0.6) is 0 Å². The number of aromatic nitrogens is 3. The molecule has 1 N–H and O–H groups in total. The van der Waals surface area contributed by atoms with Crippen molar-refractivity contribution < 1.29 is 9.90 Å². The maximum Gasteiger partial charge on any atom is 0.308 e. The van der Waals surface area contributed by atoms with E-state index < -0.39 is 5.97 Å². The van der Waals surface area contributed by atoms with Crippen LogP contribution in [-0.2, 0) is 17.8 Å². The number of aliphatic carboxylic acids is 1. The Morgan fingerprint density at radius 1 is 1.33 bits per heavy atom. The van der Waals surface area contributed by atoms with E-state index in [4.69, 9.17) is 5.11 Å². The van der Waals surface area contributed by atoms with Gasteiger partial charge in [0.1, 0.15) is 11.6 Å². The first-order valence-corrected chi connectivity index (χ1v) is 6.81. The molecular weight excluding hydrogens is 230 g/mol. The highest BCUT2D eigenvalue weighted by molar-refractivity contribution is 5.70. The zero-order valence-corrected chi connectivity index (χ0v) is 10.7. The normalized spacial score (nSPS) is 31.3. The highest BCUT2D eigenvalue weighted by Crippen LogP contribution is 2.39. The molecule has 1 aromatic rings. The Morgan fingerprint density at radius 2 is 2.17 bits per heavy atom. The first kappa shape index (κ1) is 11.7. The molecule has 0 radical (unpaired) electrons. The van der Waals surface area contributed by atoms with Crippen molar-refractivity contribution in [2.24, 2.45) is 11.8 Å². The molecule has 1 aliphatic heterocycles. The first-order valence-electron chi connectivity index (χ1n) is 6.81. The van der Waals surface area contributed by atoms with E-state index in [9.17, 15) is 4.79 Å². The first-order chi connectivity index (χ1) is 8.66. The standard InChI is InChI=1S/C13H19N3O2/c1-8-3-2-4-10(8)12-15-14-11-6-5-9(13(17)18)7-16(11)12/h8-10H,2-7H2,1H3,(H,17,18). The van der Waals surface area contributed by atoms with Crippen LogP contribution in [-0.4, -0.2) is 25.8 Å². The van der Waals surface area contributed by atoms with E-state index in [2.05, 4.69) is 21.7 Å². The van der Waals surface area contributed by atoms with E-state index >= 15 is 0 Å². The van der Waals surface area contributed by atoms with Gasteiger partial charge in [-0.2, -0.15) is 0 Å². The summed E-state index contributed by atoms with van der Waals surface area (Å²) in [6.45, 7) is 2.81. The van der Waals surface area contributed by atoms with E-state index in [-0.39, 0.29) is 5.92 Å². The average Bonchev–Trinajstić information content (AvgIpc) is 2.93. The molecule has 0 bridgehead atoms. The second-order valence-electron chi connectivity index (χ2n) is 5.67. The smallest absolute Gasteiger partial charge is 0.308 e. The minimum absolute atomic E-state index is 0.274. The van der Waals surface area contributed by atoms with Crippen LogP contribution in [0.15, 0.2) is 0 Å². The maximum atomic E-state index is 11.1. The molecule has 3 unspecified atom stereocenters. The van der Waals surface area contributed by atoms with Crippen LogP contribution < -0.4 is 0 Å². The molecule has 0 amide bonds. The molecule has 2 aliphatic rings. The Morgan fingerprint density at radius 3 is 2.83 bits per heavy atom. The van der Waals surface area contributed by atoms with Gasteiger partial charge in [-0.25, -0.2) is 0 Å². The van der Waals surface area contributed by atoms with Gasteiger partial charge >= 0.3 is 5.97 Å². The van der Waals surface area contributed by atoms with Crippen molar-refractivity contribution in [1.82, 2.24) is 14.8 Å². The fraction of sp³-hybridized carbons (Fsp3) is 0.769. The number of hydrogen-bond acceptors (Lipinski definition) is 3. The lowest BCUT2D eigenvalue weighted by Crippen LogP contribution is -2.28. The maximum absolute atomic E-state index is 11.1. The number of hydrogen-bond donors (Lipinski definition) is 1. The van der Waals surface area contributed by atoms with Crippen LogP contribution in [0.4, 0.5) is 0 Å². The van der Waals surface area contributed by atoms with Crippen LogP contribution in [0, 0.1) is 11.8 Å². The van der Waals surface area contributed by atoms with Crippen LogP contribution in [0.3, 0.4) is 0 Å². The van der Waals surface area contributed by atoms with E-state index in [1.807, 2.05) is 0 Å². The lowest BCUT2D eigenvalue weighted by molar-refractivity contribution is -0.142. The summed E-state index contributed by atoms with van der Waals surface area (Å²) in [6, 6.07) is 0. The van der Waals surface area contributed by atoms with Gasteiger partial charge < -0.3 is 9.67 Å². The number of carboxylic acids is 1. The predicted octanol–water partition coefficient (Wildman–Crippen LogP) is 1.83. The fourth-order valence-corrected chi connectivity index (χ4v) is 3.35. The number of carbonyl (C=O) groups is 1. The summed E-state index contributed by atoms with van der Waals surface area (Å²) < 4.78 is 2.08. The Kier molecular flexibility index (Phi) is 2.84. The van der Waals surface area contributed by atoms with Gasteiger partial charge in [0.25, 0.3) is 0 Å². The van der Waals surface area contributed by atoms with E-state index in [1.165, 1.54) is 12.8 Å². The highest BCUT2D eigenvalue weighted by atomic mass is 16.4. The third kappa shape index (κ3) is 1.82. The van der Waals surface area contributed by atoms with Crippen molar-refractivity contribution in [3.63, 3.8) is 0 Å². The van der Waals surface area contributed by atoms with Crippen molar-refractivity contribution in [2.45, 2.75) is 51.5 Å².